The summed E-state index contributed by atoms with van der Waals surface area (Å²) in [6.07, 6.45) is 1.46. The van der Waals surface area contributed by atoms with Gasteiger partial charge in [-0.1, -0.05) is 12.1 Å². The molecule has 0 fully saturated rings. The van der Waals surface area contributed by atoms with Crippen LogP contribution in [-0.2, 0) is 16.0 Å². The number of carbonyl (C=O) groups is 3. The summed E-state index contributed by atoms with van der Waals surface area (Å²) in [6.45, 7) is 2.99. The van der Waals surface area contributed by atoms with E-state index in [1.54, 1.807) is 29.2 Å². The number of benzene rings is 2. The van der Waals surface area contributed by atoms with Gasteiger partial charge in [-0.2, -0.15) is 0 Å². The molecule has 1 heterocycles. The first-order valence-electron chi connectivity index (χ1n) is 10.7. The van der Waals surface area contributed by atoms with Gasteiger partial charge in [0.25, 0.3) is 5.91 Å². The van der Waals surface area contributed by atoms with Crippen molar-refractivity contribution in [2.24, 2.45) is 0 Å². The fourth-order valence-electron chi connectivity index (χ4n) is 3.71. The second kappa shape index (κ2) is 10.7. The molecule has 2 aromatic rings. The molecule has 32 heavy (non-hydrogen) atoms. The van der Waals surface area contributed by atoms with Crippen molar-refractivity contribution in [3.63, 3.8) is 0 Å². The van der Waals surface area contributed by atoms with Crippen molar-refractivity contribution in [3.8, 4) is 22.6 Å². The summed E-state index contributed by atoms with van der Waals surface area (Å²) in [5.74, 6) is 0.0101. The van der Waals surface area contributed by atoms with Crippen molar-refractivity contribution in [1.29, 1.82) is 0 Å². The Bertz CT molecular complexity index is 1010. The van der Waals surface area contributed by atoms with Crippen LogP contribution in [0.15, 0.2) is 36.4 Å². The molecule has 8 heteroatoms. The fourth-order valence-corrected chi connectivity index (χ4v) is 3.71. The van der Waals surface area contributed by atoms with Crippen LogP contribution < -0.4 is 15.4 Å². The molecule has 0 saturated carbocycles. The van der Waals surface area contributed by atoms with Crippen molar-refractivity contribution >= 4 is 17.7 Å². The summed E-state index contributed by atoms with van der Waals surface area (Å²) in [7, 11) is 1.49. The van der Waals surface area contributed by atoms with E-state index < -0.39 is 0 Å². The molecular formula is C24H29N3O5. The third-order valence-electron chi connectivity index (χ3n) is 5.50. The van der Waals surface area contributed by atoms with Crippen molar-refractivity contribution in [2.45, 2.75) is 26.2 Å². The van der Waals surface area contributed by atoms with Gasteiger partial charge in [-0.25, -0.2) is 0 Å². The Kier molecular flexibility index (Phi) is 7.70. The molecule has 3 rings (SSSR count). The van der Waals surface area contributed by atoms with Crippen LogP contribution in [0.1, 0.15) is 35.7 Å². The first-order chi connectivity index (χ1) is 15.4. The predicted octanol–water partition coefficient (Wildman–Crippen LogP) is 2.10. The van der Waals surface area contributed by atoms with Gasteiger partial charge in [0.2, 0.25) is 11.8 Å². The first kappa shape index (κ1) is 23.1. The topological polar surface area (TPSA) is 108 Å². The summed E-state index contributed by atoms with van der Waals surface area (Å²) in [6, 6.07) is 10.4. The van der Waals surface area contributed by atoms with Crippen LogP contribution in [-0.4, -0.2) is 61.0 Å². The minimum atomic E-state index is -0.330. The molecule has 1 aliphatic heterocycles. The Labute approximate surface area is 187 Å². The number of nitrogens with zero attached hydrogens (tertiary/aromatic N) is 1. The molecule has 0 unspecified atom stereocenters. The Balaban J connectivity index is 1.94. The van der Waals surface area contributed by atoms with Crippen LogP contribution >= 0.6 is 0 Å². The van der Waals surface area contributed by atoms with Crippen LogP contribution in [0, 0.1) is 0 Å². The minimum absolute atomic E-state index is 0.0679. The Morgan fingerprint density at radius 2 is 1.81 bits per heavy atom. The number of phenols is 1. The van der Waals surface area contributed by atoms with Crippen LogP contribution in [0.2, 0.25) is 0 Å². The molecule has 3 amide bonds. The number of amides is 3. The zero-order chi connectivity index (χ0) is 23.1. The molecule has 170 valence electrons. The van der Waals surface area contributed by atoms with Crippen molar-refractivity contribution in [3.05, 3.63) is 47.5 Å². The number of ether oxygens (including phenoxy) is 1. The number of methoxy groups -OCH3 is 1. The second-order valence-corrected chi connectivity index (χ2v) is 7.73. The highest BCUT2D eigenvalue weighted by atomic mass is 16.5. The second-order valence-electron chi connectivity index (χ2n) is 7.73. The molecule has 0 spiro atoms. The number of hydrogen-bond acceptors (Lipinski definition) is 5. The maximum absolute atomic E-state index is 12.9. The van der Waals surface area contributed by atoms with Crippen LogP contribution in [0.25, 0.3) is 11.1 Å². The van der Waals surface area contributed by atoms with Gasteiger partial charge in [-0.05, 0) is 48.2 Å². The molecule has 4 bridgehead atoms. The number of rotatable bonds is 1. The standard InChI is InChI=1S/C24H29N3O5/c1-16(28)27-12-3-4-23(30)25-10-9-17-5-7-21(29)19(14-17)18-6-8-22(32-2)20(15-18)24(31)26-11-13-27/h5-8,14-15,29H,3-4,9-13H2,1-2H3,(H,25,30)(H,26,31). The molecule has 0 aliphatic carbocycles. The Morgan fingerprint density at radius 1 is 1.00 bits per heavy atom. The van der Waals surface area contributed by atoms with E-state index in [0.29, 0.717) is 61.3 Å². The predicted molar refractivity (Wildman–Crippen MR) is 121 cm³/mol. The normalized spacial score (nSPS) is 15.8. The largest absolute Gasteiger partial charge is 0.507 e. The van der Waals surface area contributed by atoms with Gasteiger partial charge in [-0.15, -0.1) is 0 Å². The maximum atomic E-state index is 12.9. The van der Waals surface area contributed by atoms with Gasteiger partial charge < -0.3 is 25.4 Å². The average Bonchev–Trinajstić information content (AvgIpc) is 2.78. The van der Waals surface area contributed by atoms with E-state index in [0.717, 1.165) is 5.56 Å². The lowest BCUT2D eigenvalue weighted by molar-refractivity contribution is -0.129. The zero-order valence-electron chi connectivity index (χ0n) is 18.4. The van der Waals surface area contributed by atoms with E-state index in [9.17, 15) is 19.5 Å². The molecule has 0 atom stereocenters. The number of nitrogens with one attached hydrogen (secondary N) is 2. The summed E-state index contributed by atoms with van der Waals surface area (Å²) in [5, 5.41) is 16.2. The average molecular weight is 440 g/mol. The van der Waals surface area contributed by atoms with E-state index in [-0.39, 0.29) is 30.0 Å². The molecular weight excluding hydrogens is 410 g/mol. The monoisotopic (exact) mass is 439 g/mol. The van der Waals surface area contributed by atoms with E-state index >= 15 is 0 Å². The number of hydrogen-bond donors (Lipinski definition) is 3. The Morgan fingerprint density at radius 3 is 2.56 bits per heavy atom. The third-order valence-corrected chi connectivity index (χ3v) is 5.50. The van der Waals surface area contributed by atoms with Gasteiger partial charge in [0.05, 0.1) is 12.7 Å². The first-order valence-corrected chi connectivity index (χ1v) is 10.7. The maximum Gasteiger partial charge on any atom is 0.255 e. The highest BCUT2D eigenvalue weighted by Gasteiger charge is 2.17. The Hall–Kier alpha value is -3.55. The van der Waals surface area contributed by atoms with Crippen LogP contribution in [0.5, 0.6) is 11.5 Å². The lowest BCUT2D eigenvalue weighted by Crippen LogP contribution is -2.38. The zero-order valence-corrected chi connectivity index (χ0v) is 18.4. The number of phenolic OH excluding ortho intramolecular Hbond substituents is 1. The van der Waals surface area contributed by atoms with E-state index in [1.165, 1.54) is 14.0 Å². The number of carbonyl (C=O) groups excluding carboxylic acids is 3. The molecule has 0 aromatic heterocycles. The van der Waals surface area contributed by atoms with E-state index in [4.69, 9.17) is 4.74 Å². The molecule has 1 aliphatic rings. The van der Waals surface area contributed by atoms with Gasteiger partial charge in [0.15, 0.2) is 0 Å². The number of aromatic hydroxyl groups is 1. The molecule has 8 nitrogen and oxygen atoms in total. The summed E-state index contributed by atoms with van der Waals surface area (Å²) in [5.41, 5.74) is 2.56. The SMILES string of the molecule is COc1ccc2cc1C(=O)NCCN(C(C)=O)CCCC(=O)NCCc1ccc(O)c-2c1. The van der Waals surface area contributed by atoms with Gasteiger partial charge in [-0.3, -0.25) is 14.4 Å². The summed E-state index contributed by atoms with van der Waals surface area (Å²) < 4.78 is 5.36. The van der Waals surface area contributed by atoms with Crippen molar-refractivity contribution < 1.29 is 24.2 Å². The number of fused-ring (bicyclic) bond motifs is 5. The van der Waals surface area contributed by atoms with Crippen LogP contribution in [0.3, 0.4) is 0 Å². The highest BCUT2D eigenvalue weighted by molar-refractivity contribution is 5.98. The lowest BCUT2D eigenvalue weighted by atomic mass is 9.98. The van der Waals surface area contributed by atoms with Gasteiger partial charge in [0.1, 0.15) is 11.5 Å². The van der Waals surface area contributed by atoms with Crippen molar-refractivity contribution in [1.82, 2.24) is 15.5 Å². The molecule has 2 aromatic carbocycles. The van der Waals surface area contributed by atoms with Gasteiger partial charge >= 0.3 is 0 Å². The molecule has 0 saturated heterocycles. The quantitative estimate of drug-likeness (QED) is 0.631. The smallest absolute Gasteiger partial charge is 0.255 e. The molecule has 0 radical (unpaired) electrons. The van der Waals surface area contributed by atoms with Gasteiger partial charge in [0, 0.05) is 45.1 Å². The van der Waals surface area contributed by atoms with E-state index in [2.05, 4.69) is 10.6 Å². The van der Waals surface area contributed by atoms with Crippen molar-refractivity contribution in [2.75, 3.05) is 33.3 Å². The fraction of sp³-hybridized carbons (Fsp3) is 0.375. The lowest BCUT2D eigenvalue weighted by Gasteiger charge is -2.21. The summed E-state index contributed by atoms with van der Waals surface area (Å²) >= 11 is 0. The van der Waals surface area contributed by atoms with E-state index in [1.807, 2.05) is 12.1 Å². The third kappa shape index (κ3) is 5.78. The summed E-state index contributed by atoms with van der Waals surface area (Å²) in [4.78, 5) is 38.5. The molecule has 3 N–H and O–H groups in total. The van der Waals surface area contributed by atoms with Crippen LogP contribution in [0.4, 0.5) is 0 Å². The minimum Gasteiger partial charge on any atom is -0.507 e. The highest BCUT2D eigenvalue weighted by Crippen LogP contribution is 2.33.